The standard InChI is InChI=1S/C13H22O/c1-5-7-13(14)9-10-6-8-12(13,4)11(10,2)3/h5,7,10,14H,6,8-9H2,1-4H3/b7-5+/t10-,12-,13+/m1/s1. The summed E-state index contributed by atoms with van der Waals surface area (Å²) in [6, 6.07) is 0. The summed E-state index contributed by atoms with van der Waals surface area (Å²) in [5.74, 6) is 0.702. The van der Waals surface area contributed by atoms with Gasteiger partial charge >= 0.3 is 0 Å². The van der Waals surface area contributed by atoms with Gasteiger partial charge in [0.1, 0.15) is 0 Å². The highest BCUT2D eigenvalue weighted by Gasteiger charge is 2.67. The van der Waals surface area contributed by atoms with Crippen LogP contribution in [0.2, 0.25) is 0 Å². The molecule has 2 saturated carbocycles. The molecule has 2 fully saturated rings. The van der Waals surface area contributed by atoms with Crippen molar-refractivity contribution in [2.75, 3.05) is 0 Å². The molecule has 0 heterocycles. The van der Waals surface area contributed by atoms with Gasteiger partial charge in [-0.25, -0.2) is 0 Å². The van der Waals surface area contributed by atoms with E-state index in [0.29, 0.717) is 11.3 Å². The smallest absolute Gasteiger partial charge is 0.0888 e. The van der Waals surface area contributed by atoms with Crippen LogP contribution in [-0.2, 0) is 0 Å². The first-order valence-electron chi connectivity index (χ1n) is 5.74. The fourth-order valence-electron chi connectivity index (χ4n) is 3.86. The number of aliphatic hydroxyl groups is 1. The van der Waals surface area contributed by atoms with Crippen LogP contribution in [0.5, 0.6) is 0 Å². The van der Waals surface area contributed by atoms with Crippen LogP contribution in [0, 0.1) is 16.7 Å². The third kappa shape index (κ3) is 0.894. The Morgan fingerprint density at radius 1 is 1.29 bits per heavy atom. The van der Waals surface area contributed by atoms with E-state index in [-0.39, 0.29) is 5.41 Å². The number of hydrogen-bond donors (Lipinski definition) is 1. The highest BCUT2D eigenvalue weighted by Crippen LogP contribution is 2.69. The SMILES string of the molecule is C/C=C/[C@]1(O)C[C@H]2CC[C@]1(C)C2(C)C. The second-order valence-electron chi connectivity index (χ2n) is 5.92. The predicted molar refractivity (Wildman–Crippen MR) is 59.0 cm³/mol. The molecule has 0 saturated heterocycles. The number of fused-ring (bicyclic) bond motifs is 2. The molecule has 0 amide bonds. The van der Waals surface area contributed by atoms with Crippen LogP contribution in [0.3, 0.4) is 0 Å². The minimum atomic E-state index is -0.547. The van der Waals surface area contributed by atoms with Crippen LogP contribution in [0.15, 0.2) is 12.2 Å². The van der Waals surface area contributed by atoms with E-state index >= 15 is 0 Å². The third-order valence-corrected chi connectivity index (χ3v) is 5.39. The van der Waals surface area contributed by atoms with Crippen LogP contribution >= 0.6 is 0 Å². The second-order valence-corrected chi connectivity index (χ2v) is 5.92. The summed E-state index contributed by atoms with van der Waals surface area (Å²) in [6.45, 7) is 8.92. The molecule has 0 aromatic heterocycles. The largest absolute Gasteiger partial charge is 0.385 e. The average Bonchev–Trinajstić information content (AvgIpc) is 2.36. The van der Waals surface area contributed by atoms with Gasteiger partial charge in [-0.2, -0.15) is 0 Å². The van der Waals surface area contributed by atoms with Gasteiger partial charge in [0, 0.05) is 5.41 Å². The first kappa shape index (κ1) is 10.2. The van der Waals surface area contributed by atoms with Crippen molar-refractivity contribution in [1.29, 1.82) is 0 Å². The van der Waals surface area contributed by atoms with Crippen LogP contribution in [0.1, 0.15) is 47.0 Å². The molecule has 3 atom stereocenters. The number of rotatable bonds is 1. The lowest BCUT2D eigenvalue weighted by Crippen LogP contribution is -2.45. The molecular formula is C13H22O. The lowest BCUT2D eigenvalue weighted by Gasteiger charge is -2.43. The van der Waals surface area contributed by atoms with Crippen molar-refractivity contribution < 1.29 is 5.11 Å². The Morgan fingerprint density at radius 2 is 1.93 bits per heavy atom. The molecule has 2 rings (SSSR count). The Morgan fingerprint density at radius 3 is 2.29 bits per heavy atom. The van der Waals surface area contributed by atoms with E-state index < -0.39 is 5.60 Å². The van der Waals surface area contributed by atoms with Gasteiger partial charge in [-0.05, 0) is 37.5 Å². The summed E-state index contributed by atoms with van der Waals surface area (Å²) in [7, 11) is 0. The summed E-state index contributed by atoms with van der Waals surface area (Å²) in [6.07, 6.45) is 7.45. The van der Waals surface area contributed by atoms with Crippen molar-refractivity contribution in [1.82, 2.24) is 0 Å². The number of allylic oxidation sites excluding steroid dienone is 1. The average molecular weight is 194 g/mol. The molecule has 80 valence electrons. The second kappa shape index (κ2) is 2.63. The molecule has 0 aromatic rings. The van der Waals surface area contributed by atoms with Gasteiger partial charge in [-0.1, -0.05) is 32.9 Å². The Labute approximate surface area is 87.2 Å². The summed E-state index contributed by atoms with van der Waals surface area (Å²) in [4.78, 5) is 0. The van der Waals surface area contributed by atoms with E-state index in [9.17, 15) is 5.11 Å². The van der Waals surface area contributed by atoms with Crippen molar-refractivity contribution in [2.45, 2.75) is 52.6 Å². The molecule has 0 unspecified atom stereocenters. The summed E-state index contributed by atoms with van der Waals surface area (Å²) in [5, 5.41) is 10.7. The van der Waals surface area contributed by atoms with Crippen molar-refractivity contribution in [2.24, 2.45) is 16.7 Å². The highest BCUT2D eigenvalue weighted by molar-refractivity contribution is 5.24. The molecule has 0 aromatic carbocycles. The molecule has 2 bridgehead atoms. The quantitative estimate of drug-likeness (QED) is 0.636. The number of hydrogen-bond acceptors (Lipinski definition) is 1. The predicted octanol–water partition coefficient (Wildman–Crippen LogP) is 3.14. The van der Waals surface area contributed by atoms with Gasteiger partial charge < -0.3 is 5.11 Å². The molecule has 0 spiro atoms. The van der Waals surface area contributed by atoms with Gasteiger partial charge in [0.25, 0.3) is 0 Å². The zero-order valence-electron chi connectivity index (χ0n) is 9.80. The van der Waals surface area contributed by atoms with E-state index in [0.717, 1.165) is 6.42 Å². The maximum absolute atomic E-state index is 10.7. The fraction of sp³-hybridized carbons (Fsp3) is 0.846. The fourth-order valence-corrected chi connectivity index (χ4v) is 3.86. The molecular weight excluding hydrogens is 172 g/mol. The van der Waals surface area contributed by atoms with Crippen LogP contribution < -0.4 is 0 Å². The topological polar surface area (TPSA) is 20.2 Å². The monoisotopic (exact) mass is 194 g/mol. The van der Waals surface area contributed by atoms with Crippen LogP contribution in [0.25, 0.3) is 0 Å². The zero-order valence-corrected chi connectivity index (χ0v) is 9.80. The Balaban J connectivity index is 2.45. The van der Waals surface area contributed by atoms with Crippen LogP contribution in [0.4, 0.5) is 0 Å². The van der Waals surface area contributed by atoms with Gasteiger partial charge in [-0.15, -0.1) is 0 Å². The Bertz CT molecular complexity index is 279. The Kier molecular flexibility index (Phi) is 1.92. The van der Waals surface area contributed by atoms with Crippen molar-refractivity contribution >= 4 is 0 Å². The first-order chi connectivity index (χ1) is 6.37. The molecule has 1 heteroatoms. The molecule has 14 heavy (non-hydrogen) atoms. The molecule has 0 aliphatic heterocycles. The first-order valence-corrected chi connectivity index (χ1v) is 5.74. The minimum Gasteiger partial charge on any atom is -0.385 e. The van der Waals surface area contributed by atoms with Crippen LogP contribution in [-0.4, -0.2) is 10.7 Å². The maximum Gasteiger partial charge on any atom is 0.0888 e. The molecule has 0 radical (unpaired) electrons. The van der Waals surface area contributed by atoms with Crippen molar-refractivity contribution in [3.8, 4) is 0 Å². The molecule has 1 N–H and O–H groups in total. The normalized spacial score (nSPS) is 50.5. The van der Waals surface area contributed by atoms with E-state index in [4.69, 9.17) is 0 Å². The maximum atomic E-state index is 10.7. The molecule has 2 aliphatic rings. The summed E-state index contributed by atoms with van der Waals surface area (Å²) >= 11 is 0. The van der Waals surface area contributed by atoms with E-state index in [2.05, 4.69) is 20.8 Å². The van der Waals surface area contributed by atoms with Crippen molar-refractivity contribution in [3.63, 3.8) is 0 Å². The summed E-state index contributed by atoms with van der Waals surface area (Å²) in [5.41, 5.74) is -0.174. The van der Waals surface area contributed by atoms with E-state index in [1.807, 2.05) is 19.1 Å². The molecule has 1 nitrogen and oxygen atoms in total. The minimum absolute atomic E-state index is 0.0805. The lowest BCUT2D eigenvalue weighted by atomic mass is 9.64. The Hall–Kier alpha value is -0.300. The van der Waals surface area contributed by atoms with Gasteiger partial charge in [-0.3, -0.25) is 0 Å². The van der Waals surface area contributed by atoms with Crippen molar-refractivity contribution in [3.05, 3.63) is 12.2 Å². The third-order valence-electron chi connectivity index (χ3n) is 5.39. The van der Waals surface area contributed by atoms with E-state index in [1.165, 1.54) is 12.8 Å². The zero-order chi connectivity index (χ0) is 10.6. The van der Waals surface area contributed by atoms with Gasteiger partial charge in [0.2, 0.25) is 0 Å². The van der Waals surface area contributed by atoms with Gasteiger partial charge in [0.05, 0.1) is 5.60 Å². The molecule has 2 aliphatic carbocycles. The van der Waals surface area contributed by atoms with E-state index in [1.54, 1.807) is 0 Å². The highest BCUT2D eigenvalue weighted by atomic mass is 16.3. The lowest BCUT2D eigenvalue weighted by molar-refractivity contribution is -0.0511. The summed E-state index contributed by atoms with van der Waals surface area (Å²) < 4.78 is 0. The van der Waals surface area contributed by atoms with Gasteiger partial charge in [0.15, 0.2) is 0 Å².